The number of hydrogen-bond acceptors (Lipinski definition) is 3. The minimum Gasteiger partial charge on any atom is -0.481 e. The fraction of sp³-hybridized carbons (Fsp3) is 0.857. The maximum atomic E-state index is 11.9. The van der Waals surface area contributed by atoms with Crippen molar-refractivity contribution in [3.63, 3.8) is 0 Å². The quantitative estimate of drug-likeness (QED) is 0.676. The van der Waals surface area contributed by atoms with Gasteiger partial charge < -0.3 is 15.3 Å². The average Bonchev–Trinajstić information content (AvgIpc) is 2.42. The molecular weight excluding hydrogens is 276 g/mol. The summed E-state index contributed by atoms with van der Waals surface area (Å²) in [5.41, 5.74) is 0. The summed E-state index contributed by atoms with van der Waals surface area (Å²) in [5, 5.41) is 11.7. The highest BCUT2D eigenvalue weighted by molar-refractivity contribution is 7.98. The Bertz CT molecular complexity index is 305. The molecule has 116 valence electrons. The molecule has 0 saturated carbocycles. The van der Waals surface area contributed by atoms with Crippen molar-refractivity contribution in [1.29, 1.82) is 0 Å². The monoisotopic (exact) mass is 302 g/mol. The third-order valence-electron chi connectivity index (χ3n) is 3.67. The molecule has 1 fully saturated rings. The summed E-state index contributed by atoms with van der Waals surface area (Å²) < 4.78 is 0. The average molecular weight is 302 g/mol. The zero-order chi connectivity index (χ0) is 14.8. The second kappa shape index (κ2) is 9.91. The minimum absolute atomic E-state index is 0.00337. The smallest absolute Gasteiger partial charge is 0.317 e. The molecule has 1 rings (SSSR count). The van der Waals surface area contributed by atoms with Crippen LogP contribution in [0.1, 0.15) is 38.5 Å². The Labute approximate surface area is 125 Å². The van der Waals surface area contributed by atoms with Gasteiger partial charge >= 0.3 is 12.0 Å². The number of piperidine rings is 1. The SMILES string of the molecule is CSCCCCCNC(=O)N1CCC(CC(=O)O)CC1. The van der Waals surface area contributed by atoms with Gasteiger partial charge in [-0.05, 0) is 43.6 Å². The van der Waals surface area contributed by atoms with Gasteiger partial charge in [-0.3, -0.25) is 4.79 Å². The van der Waals surface area contributed by atoms with Crippen LogP contribution in [0.5, 0.6) is 0 Å². The molecule has 2 N–H and O–H groups in total. The molecule has 0 radical (unpaired) electrons. The van der Waals surface area contributed by atoms with Crippen LogP contribution in [-0.2, 0) is 4.79 Å². The number of carbonyl (C=O) groups is 2. The van der Waals surface area contributed by atoms with E-state index in [0.717, 1.165) is 32.2 Å². The van der Waals surface area contributed by atoms with Crippen LogP contribution in [0.3, 0.4) is 0 Å². The number of amides is 2. The first-order valence-corrected chi connectivity index (χ1v) is 8.76. The predicted molar refractivity (Wildman–Crippen MR) is 82.2 cm³/mol. The van der Waals surface area contributed by atoms with Gasteiger partial charge in [0, 0.05) is 26.1 Å². The third kappa shape index (κ3) is 7.03. The van der Waals surface area contributed by atoms with E-state index in [1.807, 2.05) is 11.8 Å². The zero-order valence-corrected chi connectivity index (χ0v) is 13.1. The van der Waals surface area contributed by atoms with E-state index in [9.17, 15) is 9.59 Å². The molecule has 0 aromatic rings. The van der Waals surface area contributed by atoms with Gasteiger partial charge in [-0.15, -0.1) is 0 Å². The number of aliphatic carboxylic acids is 1. The van der Waals surface area contributed by atoms with Crippen molar-refractivity contribution < 1.29 is 14.7 Å². The molecular formula is C14H26N2O3S. The molecule has 6 heteroatoms. The van der Waals surface area contributed by atoms with E-state index in [1.165, 1.54) is 12.2 Å². The topological polar surface area (TPSA) is 69.6 Å². The van der Waals surface area contributed by atoms with E-state index in [0.29, 0.717) is 13.1 Å². The highest BCUT2D eigenvalue weighted by atomic mass is 32.2. The molecule has 1 aliphatic rings. The molecule has 1 heterocycles. The predicted octanol–water partition coefficient (Wildman–Crippen LogP) is 2.42. The molecule has 0 aromatic heterocycles. The number of carboxylic acid groups (broad SMARTS) is 1. The summed E-state index contributed by atoms with van der Waals surface area (Å²) in [6.07, 6.45) is 7.32. The molecule has 20 heavy (non-hydrogen) atoms. The zero-order valence-electron chi connectivity index (χ0n) is 12.3. The van der Waals surface area contributed by atoms with Crippen LogP contribution >= 0.6 is 11.8 Å². The number of carboxylic acids is 1. The summed E-state index contributed by atoms with van der Waals surface area (Å²) in [5.74, 6) is 0.673. The van der Waals surface area contributed by atoms with Crippen LogP contribution in [-0.4, -0.2) is 53.6 Å². The number of hydrogen-bond donors (Lipinski definition) is 2. The van der Waals surface area contributed by atoms with E-state index in [-0.39, 0.29) is 18.4 Å². The molecule has 2 amide bonds. The Morgan fingerprint density at radius 3 is 2.55 bits per heavy atom. The Morgan fingerprint density at radius 2 is 1.95 bits per heavy atom. The fourth-order valence-corrected chi connectivity index (χ4v) is 2.94. The van der Waals surface area contributed by atoms with E-state index < -0.39 is 5.97 Å². The van der Waals surface area contributed by atoms with E-state index >= 15 is 0 Å². The maximum absolute atomic E-state index is 11.9. The lowest BCUT2D eigenvalue weighted by molar-refractivity contribution is -0.138. The highest BCUT2D eigenvalue weighted by Gasteiger charge is 2.23. The van der Waals surface area contributed by atoms with E-state index in [2.05, 4.69) is 11.6 Å². The first-order chi connectivity index (χ1) is 9.63. The number of nitrogens with zero attached hydrogens (tertiary/aromatic N) is 1. The van der Waals surface area contributed by atoms with Gasteiger partial charge in [-0.2, -0.15) is 11.8 Å². The minimum atomic E-state index is -0.738. The van der Waals surface area contributed by atoms with Crippen molar-refractivity contribution in [2.24, 2.45) is 5.92 Å². The number of unbranched alkanes of at least 4 members (excludes halogenated alkanes) is 2. The van der Waals surface area contributed by atoms with Crippen molar-refractivity contribution in [2.75, 3.05) is 31.6 Å². The summed E-state index contributed by atoms with van der Waals surface area (Å²) >= 11 is 1.86. The van der Waals surface area contributed by atoms with Crippen LogP contribution in [0, 0.1) is 5.92 Å². The maximum Gasteiger partial charge on any atom is 0.317 e. The number of likely N-dealkylation sites (tertiary alicyclic amines) is 1. The first kappa shape index (κ1) is 17.1. The van der Waals surface area contributed by atoms with Crippen molar-refractivity contribution in [2.45, 2.75) is 38.5 Å². The first-order valence-electron chi connectivity index (χ1n) is 7.37. The highest BCUT2D eigenvalue weighted by Crippen LogP contribution is 2.20. The molecule has 0 atom stereocenters. The Morgan fingerprint density at radius 1 is 1.25 bits per heavy atom. The lowest BCUT2D eigenvalue weighted by atomic mass is 9.94. The molecule has 0 aliphatic carbocycles. The fourth-order valence-electron chi connectivity index (χ4n) is 2.44. The normalized spacial score (nSPS) is 16.1. The van der Waals surface area contributed by atoms with Crippen LogP contribution < -0.4 is 5.32 Å². The van der Waals surface area contributed by atoms with Gasteiger partial charge in [0.1, 0.15) is 0 Å². The summed E-state index contributed by atoms with van der Waals surface area (Å²) in [6, 6.07) is 0.00337. The summed E-state index contributed by atoms with van der Waals surface area (Å²) in [4.78, 5) is 24.4. The van der Waals surface area contributed by atoms with Crippen LogP contribution in [0.4, 0.5) is 4.79 Å². The lowest BCUT2D eigenvalue weighted by Crippen LogP contribution is -2.44. The second-order valence-corrected chi connectivity index (χ2v) is 6.30. The van der Waals surface area contributed by atoms with Gasteiger partial charge in [-0.25, -0.2) is 4.79 Å². The summed E-state index contributed by atoms with van der Waals surface area (Å²) in [7, 11) is 0. The summed E-state index contributed by atoms with van der Waals surface area (Å²) in [6.45, 7) is 2.09. The largest absolute Gasteiger partial charge is 0.481 e. The molecule has 0 bridgehead atoms. The Balaban J connectivity index is 2.08. The second-order valence-electron chi connectivity index (χ2n) is 5.31. The van der Waals surface area contributed by atoms with E-state index in [1.54, 1.807) is 4.90 Å². The molecule has 0 spiro atoms. The van der Waals surface area contributed by atoms with Gasteiger partial charge in [-0.1, -0.05) is 6.42 Å². The number of thioether (sulfide) groups is 1. The molecule has 1 aliphatic heterocycles. The van der Waals surface area contributed by atoms with Crippen molar-refractivity contribution in [3.05, 3.63) is 0 Å². The standard InChI is InChI=1S/C14H26N2O3S/c1-20-10-4-2-3-7-15-14(19)16-8-5-12(6-9-16)11-13(17)18/h12H,2-11H2,1H3,(H,15,19)(H,17,18). The molecule has 0 aromatic carbocycles. The van der Waals surface area contributed by atoms with Crippen LogP contribution in [0.15, 0.2) is 0 Å². The Kier molecular flexibility index (Phi) is 8.49. The third-order valence-corrected chi connectivity index (χ3v) is 4.36. The van der Waals surface area contributed by atoms with Crippen molar-refractivity contribution in [1.82, 2.24) is 10.2 Å². The number of carbonyl (C=O) groups excluding carboxylic acids is 1. The molecule has 1 saturated heterocycles. The van der Waals surface area contributed by atoms with Gasteiger partial charge in [0.25, 0.3) is 0 Å². The van der Waals surface area contributed by atoms with Gasteiger partial charge in [0.15, 0.2) is 0 Å². The lowest BCUT2D eigenvalue weighted by Gasteiger charge is -2.31. The van der Waals surface area contributed by atoms with Gasteiger partial charge in [0.05, 0.1) is 0 Å². The van der Waals surface area contributed by atoms with Crippen molar-refractivity contribution >= 4 is 23.8 Å². The number of nitrogens with one attached hydrogen (secondary N) is 1. The van der Waals surface area contributed by atoms with Crippen molar-refractivity contribution in [3.8, 4) is 0 Å². The molecule has 5 nitrogen and oxygen atoms in total. The van der Waals surface area contributed by atoms with Crippen LogP contribution in [0.25, 0.3) is 0 Å². The van der Waals surface area contributed by atoms with Crippen LogP contribution in [0.2, 0.25) is 0 Å². The number of rotatable bonds is 8. The molecule has 0 unspecified atom stereocenters. The van der Waals surface area contributed by atoms with E-state index in [4.69, 9.17) is 5.11 Å². The Hall–Kier alpha value is -0.910. The van der Waals surface area contributed by atoms with Gasteiger partial charge in [0.2, 0.25) is 0 Å². The number of urea groups is 1.